The Bertz CT molecular complexity index is 1980. The molecule has 0 radical (unpaired) electrons. The lowest BCUT2D eigenvalue weighted by atomic mass is 9.97. The van der Waals surface area contributed by atoms with Crippen molar-refractivity contribution in [3.8, 4) is 0 Å². The summed E-state index contributed by atoms with van der Waals surface area (Å²) < 4.78 is 11.1. The maximum absolute atomic E-state index is 5.56. The zero-order valence-corrected chi connectivity index (χ0v) is 23.6. The van der Waals surface area contributed by atoms with Gasteiger partial charge in [0.2, 0.25) is 0 Å². The van der Waals surface area contributed by atoms with E-state index in [9.17, 15) is 0 Å². The van der Waals surface area contributed by atoms with Crippen molar-refractivity contribution >= 4 is 23.3 Å². The van der Waals surface area contributed by atoms with E-state index in [0.29, 0.717) is 13.2 Å². The number of aromatic amines is 4. The predicted octanol–water partition coefficient (Wildman–Crippen LogP) is 3.76. The quantitative estimate of drug-likeness (QED) is 0.254. The molecule has 1 aliphatic rings. The van der Waals surface area contributed by atoms with E-state index in [2.05, 4.69) is 129 Å². The fourth-order valence-corrected chi connectivity index (χ4v) is 5.86. The Hall–Kier alpha value is -5.04. The Morgan fingerprint density at radius 1 is 0.476 bits per heavy atom. The molecule has 0 spiro atoms. The summed E-state index contributed by atoms with van der Waals surface area (Å²) in [6.07, 6.45) is 4.29. The lowest BCUT2D eigenvalue weighted by molar-refractivity contribution is 0.184. The monoisotopic (exact) mass is 552 g/mol. The second-order valence-corrected chi connectivity index (χ2v) is 10.5. The van der Waals surface area contributed by atoms with E-state index in [-0.39, 0.29) is 0 Å². The summed E-state index contributed by atoms with van der Waals surface area (Å²) in [4.78, 5) is 14.7. The minimum Gasteiger partial charge on any atom is -0.380 e. The van der Waals surface area contributed by atoms with E-state index >= 15 is 0 Å². The number of H-pyrrole nitrogens is 4. The average Bonchev–Trinajstić information content (AvgIpc) is 3.82. The van der Waals surface area contributed by atoms with Gasteiger partial charge in [0, 0.05) is 69.5 Å². The second-order valence-electron chi connectivity index (χ2n) is 10.5. The molecule has 42 heavy (non-hydrogen) atoms. The second kappa shape index (κ2) is 11.1. The average molecular weight is 553 g/mol. The number of nitrogens with one attached hydrogen (secondary N) is 4. The molecule has 2 aromatic carbocycles. The van der Waals surface area contributed by atoms with Crippen molar-refractivity contribution in [2.75, 3.05) is 14.2 Å². The van der Waals surface area contributed by atoms with Crippen molar-refractivity contribution in [1.82, 2.24) is 19.9 Å². The van der Waals surface area contributed by atoms with Crippen LogP contribution in [0.4, 0.5) is 0 Å². The van der Waals surface area contributed by atoms with Crippen LogP contribution in [0.5, 0.6) is 0 Å². The Labute approximate surface area is 243 Å². The molecule has 0 unspecified atom stereocenters. The summed E-state index contributed by atoms with van der Waals surface area (Å²) in [6, 6.07) is 33.9. The number of aromatic nitrogens is 4. The molecule has 4 aromatic heterocycles. The van der Waals surface area contributed by atoms with Gasteiger partial charge in [-0.3, -0.25) is 0 Å². The Morgan fingerprint density at radius 3 is 1.38 bits per heavy atom. The van der Waals surface area contributed by atoms with Crippen molar-refractivity contribution in [2.24, 2.45) is 0 Å². The van der Waals surface area contributed by atoms with Crippen molar-refractivity contribution in [3.63, 3.8) is 0 Å². The van der Waals surface area contributed by atoms with Gasteiger partial charge < -0.3 is 29.4 Å². The first-order chi connectivity index (χ1) is 20.7. The molecule has 7 rings (SSSR count). The molecule has 5 heterocycles. The summed E-state index contributed by atoms with van der Waals surface area (Å²) in [7, 11) is 3.47. The van der Waals surface area contributed by atoms with E-state index in [1.54, 1.807) is 14.2 Å². The molecule has 6 aromatic rings. The highest BCUT2D eigenvalue weighted by Gasteiger charge is 2.15. The number of benzene rings is 2. The van der Waals surface area contributed by atoms with E-state index in [1.165, 1.54) is 0 Å². The topological polar surface area (TPSA) is 81.6 Å². The van der Waals surface area contributed by atoms with Crippen molar-refractivity contribution < 1.29 is 9.47 Å². The maximum atomic E-state index is 5.56. The summed E-state index contributed by atoms with van der Waals surface area (Å²) in [5, 5.41) is 4.07. The molecule has 6 nitrogen and oxygen atoms in total. The van der Waals surface area contributed by atoms with Gasteiger partial charge in [-0.1, -0.05) is 48.5 Å². The first-order valence-corrected chi connectivity index (χ1v) is 14.1. The van der Waals surface area contributed by atoms with Crippen molar-refractivity contribution in [2.45, 2.75) is 13.2 Å². The number of methoxy groups -OCH3 is 2. The minimum atomic E-state index is 0.530. The standard InChI is InChI=1S/C36H32N4O2/c1-41-21-23-7-3-5-9-29(23)35-31-15-11-25(37-31)19-27-13-17-33(39-27)36(30-10-6-4-8-24(30)22-42-2)34-18-14-28(40-34)20-26-12-16-32(35)38-26/h3-20,37-40H,21-22H2,1-2H3. The van der Waals surface area contributed by atoms with Crippen molar-refractivity contribution in [3.05, 3.63) is 163 Å². The van der Waals surface area contributed by atoms with Gasteiger partial charge in [-0.25, -0.2) is 0 Å². The molecule has 0 saturated carbocycles. The molecule has 0 atom stereocenters. The summed E-state index contributed by atoms with van der Waals surface area (Å²) in [5.74, 6) is 0. The SMILES string of the molecule is COCc1ccccc1C1=c2ccc([nH]2)=Cc2ccc([nH]2)C(c2ccccc2COC)=c2ccc([nH]2)=Cc2ccc1[nH]2. The molecule has 8 bridgehead atoms. The Balaban J connectivity index is 1.51. The van der Waals surface area contributed by atoms with Crippen LogP contribution < -0.4 is 21.4 Å². The van der Waals surface area contributed by atoms with Crippen molar-refractivity contribution in [1.29, 1.82) is 0 Å². The highest BCUT2D eigenvalue weighted by Crippen LogP contribution is 2.26. The first-order valence-electron chi connectivity index (χ1n) is 14.1. The third-order valence-corrected chi connectivity index (χ3v) is 7.71. The molecule has 6 heteroatoms. The van der Waals surface area contributed by atoms with Gasteiger partial charge in [0.15, 0.2) is 0 Å². The van der Waals surface area contributed by atoms with Gasteiger partial charge >= 0.3 is 0 Å². The van der Waals surface area contributed by atoms with Crippen LogP contribution in [0, 0.1) is 0 Å². The minimum absolute atomic E-state index is 0.530. The molecule has 0 aliphatic carbocycles. The summed E-state index contributed by atoms with van der Waals surface area (Å²) >= 11 is 0. The largest absolute Gasteiger partial charge is 0.380 e. The van der Waals surface area contributed by atoms with E-state index in [0.717, 1.165) is 77.6 Å². The summed E-state index contributed by atoms with van der Waals surface area (Å²) in [5.41, 5.74) is 10.8. The molecule has 1 aliphatic heterocycles. The number of hydrogen-bond donors (Lipinski definition) is 4. The van der Waals surface area contributed by atoms with Crippen LogP contribution in [-0.4, -0.2) is 34.2 Å². The molecule has 0 fully saturated rings. The molecular weight excluding hydrogens is 520 g/mol. The van der Waals surface area contributed by atoms with E-state index < -0.39 is 0 Å². The van der Waals surface area contributed by atoms with E-state index in [1.807, 2.05) is 0 Å². The number of ether oxygens (including phenoxy) is 2. The van der Waals surface area contributed by atoms with Gasteiger partial charge in [0.1, 0.15) is 0 Å². The van der Waals surface area contributed by atoms with E-state index in [4.69, 9.17) is 9.47 Å². The smallest absolute Gasteiger partial charge is 0.0719 e. The van der Waals surface area contributed by atoms with Crippen LogP contribution in [0.3, 0.4) is 0 Å². The molecule has 0 saturated heterocycles. The normalized spacial score (nSPS) is 12.7. The van der Waals surface area contributed by atoms with Gasteiger partial charge in [-0.05, 0) is 82.9 Å². The third-order valence-electron chi connectivity index (χ3n) is 7.71. The van der Waals surface area contributed by atoms with Gasteiger partial charge in [-0.15, -0.1) is 0 Å². The number of fused-ring (bicyclic) bond motifs is 8. The molecule has 0 amide bonds. The first kappa shape index (κ1) is 25.9. The van der Waals surface area contributed by atoms with Crippen LogP contribution >= 0.6 is 0 Å². The van der Waals surface area contributed by atoms with Gasteiger partial charge in [0.05, 0.1) is 13.2 Å². The molecule has 4 N–H and O–H groups in total. The zero-order valence-electron chi connectivity index (χ0n) is 23.6. The lowest BCUT2D eigenvalue weighted by Gasteiger charge is -2.12. The molecule has 208 valence electrons. The maximum Gasteiger partial charge on any atom is 0.0719 e. The third kappa shape index (κ3) is 4.87. The van der Waals surface area contributed by atoms with Gasteiger partial charge in [-0.2, -0.15) is 0 Å². The summed E-state index contributed by atoms with van der Waals surface area (Å²) in [6.45, 7) is 1.06. The Kier molecular flexibility index (Phi) is 6.84. The van der Waals surface area contributed by atoms with Crippen LogP contribution in [0.2, 0.25) is 0 Å². The fraction of sp³-hybridized carbons (Fsp3) is 0.111. The Morgan fingerprint density at radius 2 is 0.929 bits per heavy atom. The highest BCUT2D eigenvalue weighted by atomic mass is 16.5. The molecular formula is C36H32N4O2. The number of hydrogen-bond acceptors (Lipinski definition) is 2. The fourth-order valence-electron chi connectivity index (χ4n) is 5.86. The predicted molar refractivity (Wildman–Crippen MR) is 166 cm³/mol. The number of rotatable bonds is 6. The van der Waals surface area contributed by atoms with Crippen LogP contribution in [-0.2, 0) is 22.7 Å². The van der Waals surface area contributed by atoms with Gasteiger partial charge in [0.25, 0.3) is 0 Å². The highest BCUT2D eigenvalue weighted by molar-refractivity contribution is 5.81. The van der Waals surface area contributed by atoms with Crippen LogP contribution in [0.1, 0.15) is 45.0 Å². The van der Waals surface area contributed by atoms with Crippen LogP contribution in [0.25, 0.3) is 23.3 Å². The zero-order chi connectivity index (χ0) is 28.5. The lowest BCUT2D eigenvalue weighted by Crippen LogP contribution is -2.16. The van der Waals surface area contributed by atoms with Crippen LogP contribution in [0.15, 0.2) is 97.1 Å².